The highest BCUT2D eigenvalue weighted by atomic mass is 35.5. The Bertz CT molecular complexity index is 944. The molecule has 0 fully saturated rings. The first-order valence-corrected chi connectivity index (χ1v) is 8.16. The molecule has 2 heterocycles. The molecule has 2 aromatic heterocycles. The molecule has 2 aromatic carbocycles. The van der Waals surface area contributed by atoms with Crippen LogP contribution < -0.4 is 0 Å². The van der Waals surface area contributed by atoms with Gasteiger partial charge in [0.2, 0.25) is 0 Å². The van der Waals surface area contributed by atoms with Gasteiger partial charge in [-0.2, -0.15) is 0 Å². The maximum atomic E-state index is 6.16. The molecule has 3 heteroatoms. The molecule has 0 radical (unpaired) electrons. The number of rotatable bonds is 0. The van der Waals surface area contributed by atoms with Crippen molar-refractivity contribution in [3.05, 3.63) is 46.5 Å². The first-order valence-electron chi connectivity index (χ1n) is 6.15. The highest BCUT2D eigenvalue weighted by Gasteiger charge is 2.13. The molecule has 19 heavy (non-hydrogen) atoms. The van der Waals surface area contributed by atoms with Crippen molar-refractivity contribution < 1.29 is 0 Å². The lowest BCUT2D eigenvalue weighted by Crippen LogP contribution is -1.76. The van der Waals surface area contributed by atoms with Crippen molar-refractivity contribution >= 4 is 63.8 Å². The fourth-order valence-corrected chi connectivity index (χ4v) is 5.53. The van der Waals surface area contributed by atoms with Gasteiger partial charge in [0.15, 0.2) is 0 Å². The van der Waals surface area contributed by atoms with Gasteiger partial charge >= 0.3 is 0 Å². The van der Waals surface area contributed by atoms with Crippen molar-refractivity contribution in [3.63, 3.8) is 0 Å². The largest absolute Gasteiger partial charge is 0.124 e. The van der Waals surface area contributed by atoms with Gasteiger partial charge in [-0.25, -0.2) is 0 Å². The van der Waals surface area contributed by atoms with Crippen LogP contribution in [0, 0.1) is 13.8 Å². The molecule has 0 nitrogen and oxygen atoms in total. The Morgan fingerprint density at radius 3 is 2.63 bits per heavy atom. The summed E-state index contributed by atoms with van der Waals surface area (Å²) in [5.41, 5.74) is 2.70. The fourth-order valence-electron chi connectivity index (χ4n) is 2.74. The van der Waals surface area contributed by atoms with Gasteiger partial charge < -0.3 is 0 Å². The summed E-state index contributed by atoms with van der Waals surface area (Å²) in [5, 5.41) is 4.87. The zero-order valence-corrected chi connectivity index (χ0v) is 13.0. The SMILES string of the molecule is Cc1cc(C)c2sc3sc4ccc(Cl)cc4c3c2c1. The van der Waals surface area contributed by atoms with Gasteiger partial charge in [-0.1, -0.05) is 23.2 Å². The molecule has 94 valence electrons. The number of fused-ring (bicyclic) bond motifs is 5. The molecule has 0 aliphatic rings. The Hall–Kier alpha value is -1.09. The zero-order chi connectivity index (χ0) is 13.1. The van der Waals surface area contributed by atoms with Gasteiger partial charge in [0.05, 0.1) is 4.01 Å². The summed E-state index contributed by atoms with van der Waals surface area (Å²) < 4.78 is 4.14. The lowest BCUT2D eigenvalue weighted by atomic mass is 10.1. The topological polar surface area (TPSA) is 0 Å². The van der Waals surface area contributed by atoms with Crippen LogP contribution in [0.3, 0.4) is 0 Å². The molecule has 0 aliphatic heterocycles. The van der Waals surface area contributed by atoms with Crippen molar-refractivity contribution in [1.29, 1.82) is 0 Å². The van der Waals surface area contributed by atoms with Crippen molar-refractivity contribution in [1.82, 2.24) is 0 Å². The van der Waals surface area contributed by atoms with Crippen molar-refractivity contribution in [2.24, 2.45) is 0 Å². The van der Waals surface area contributed by atoms with Crippen LogP contribution in [-0.2, 0) is 0 Å². The highest BCUT2D eigenvalue weighted by molar-refractivity contribution is 7.44. The average Bonchev–Trinajstić information content (AvgIpc) is 2.86. The van der Waals surface area contributed by atoms with Crippen LogP contribution in [0.15, 0.2) is 30.3 Å². The lowest BCUT2D eigenvalue weighted by Gasteiger charge is -1.99. The smallest absolute Gasteiger partial charge is 0.0890 e. The van der Waals surface area contributed by atoms with E-state index in [9.17, 15) is 0 Å². The number of hydrogen-bond donors (Lipinski definition) is 0. The van der Waals surface area contributed by atoms with E-state index < -0.39 is 0 Å². The Labute approximate surface area is 124 Å². The van der Waals surface area contributed by atoms with Crippen LogP contribution in [0.2, 0.25) is 5.02 Å². The molecule has 0 N–H and O–H groups in total. The summed E-state index contributed by atoms with van der Waals surface area (Å²) in [7, 11) is 0. The summed E-state index contributed by atoms with van der Waals surface area (Å²) in [6.07, 6.45) is 0. The Balaban J connectivity index is 2.31. The lowest BCUT2D eigenvalue weighted by molar-refractivity contribution is 1.44. The average molecular weight is 303 g/mol. The van der Waals surface area contributed by atoms with Crippen molar-refractivity contribution in [3.8, 4) is 0 Å². The van der Waals surface area contributed by atoms with Gasteiger partial charge in [0, 0.05) is 30.6 Å². The normalized spacial score (nSPS) is 11.9. The molecule has 0 bridgehead atoms. The molecule has 4 rings (SSSR count). The second-order valence-corrected chi connectivity index (χ2v) is 7.73. The van der Waals surface area contributed by atoms with E-state index in [1.54, 1.807) is 0 Å². The number of aryl methyl sites for hydroxylation is 2. The van der Waals surface area contributed by atoms with Crippen LogP contribution in [-0.4, -0.2) is 0 Å². The number of hydrogen-bond acceptors (Lipinski definition) is 2. The molecule has 0 saturated heterocycles. The fraction of sp³-hybridized carbons (Fsp3) is 0.125. The molecule has 4 aromatic rings. The first kappa shape index (κ1) is 11.7. The molecular formula is C16H11ClS2. The van der Waals surface area contributed by atoms with Gasteiger partial charge in [-0.15, -0.1) is 22.7 Å². The van der Waals surface area contributed by atoms with E-state index in [-0.39, 0.29) is 0 Å². The number of benzene rings is 2. The third kappa shape index (κ3) is 1.64. The van der Waals surface area contributed by atoms with E-state index >= 15 is 0 Å². The van der Waals surface area contributed by atoms with E-state index in [1.807, 2.05) is 28.7 Å². The van der Waals surface area contributed by atoms with Crippen molar-refractivity contribution in [2.45, 2.75) is 13.8 Å². The van der Waals surface area contributed by atoms with Crippen LogP contribution in [0.1, 0.15) is 11.1 Å². The quantitative estimate of drug-likeness (QED) is 0.346. The molecule has 0 saturated carbocycles. The van der Waals surface area contributed by atoms with Crippen LogP contribution in [0.25, 0.3) is 29.6 Å². The van der Waals surface area contributed by atoms with E-state index in [1.165, 1.54) is 40.7 Å². The second kappa shape index (κ2) is 3.95. The minimum Gasteiger partial charge on any atom is -0.124 e. The van der Waals surface area contributed by atoms with Crippen LogP contribution in [0.5, 0.6) is 0 Å². The molecule has 0 atom stereocenters. The first-order chi connectivity index (χ1) is 9.13. The van der Waals surface area contributed by atoms with E-state index in [0.717, 1.165) is 5.02 Å². The van der Waals surface area contributed by atoms with Crippen LogP contribution in [0.4, 0.5) is 0 Å². The predicted octanol–water partition coefficient (Wildman–Crippen LogP) is 6.54. The predicted molar refractivity (Wildman–Crippen MR) is 89.2 cm³/mol. The standard InChI is InChI=1S/C16H11ClS2/c1-8-5-9(2)15-12(6-8)14-11-7-10(17)3-4-13(11)18-16(14)19-15/h3-7H,1-2H3. The second-order valence-electron chi connectivity index (χ2n) is 4.97. The summed E-state index contributed by atoms with van der Waals surface area (Å²) in [6, 6.07) is 10.8. The minimum atomic E-state index is 0.816. The molecular weight excluding hydrogens is 292 g/mol. The summed E-state index contributed by atoms with van der Waals surface area (Å²) in [5.74, 6) is 0. The van der Waals surface area contributed by atoms with E-state index in [0.29, 0.717) is 0 Å². The third-order valence-corrected chi connectivity index (χ3v) is 6.34. The summed E-state index contributed by atoms with van der Waals surface area (Å²) >= 11 is 9.94. The van der Waals surface area contributed by atoms with Crippen LogP contribution >= 0.6 is 34.3 Å². The van der Waals surface area contributed by atoms with Gasteiger partial charge in [0.1, 0.15) is 0 Å². The summed E-state index contributed by atoms with van der Waals surface area (Å²) in [4.78, 5) is 0. The monoisotopic (exact) mass is 302 g/mol. The third-order valence-electron chi connectivity index (χ3n) is 3.50. The minimum absolute atomic E-state index is 0.816. The number of halogens is 1. The van der Waals surface area contributed by atoms with Gasteiger partial charge in [-0.05, 0) is 43.7 Å². The van der Waals surface area contributed by atoms with E-state index in [2.05, 4.69) is 38.1 Å². The van der Waals surface area contributed by atoms with E-state index in [4.69, 9.17) is 11.6 Å². The molecule has 0 unspecified atom stereocenters. The van der Waals surface area contributed by atoms with Crippen molar-refractivity contribution in [2.75, 3.05) is 0 Å². The maximum Gasteiger partial charge on any atom is 0.0890 e. The Morgan fingerprint density at radius 1 is 0.947 bits per heavy atom. The van der Waals surface area contributed by atoms with Gasteiger partial charge in [-0.3, -0.25) is 0 Å². The molecule has 0 aliphatic carbocycles. The zero-order valence-electron chi connectivity index (χ0n) is 10.6. The molecule has 0 spiro atoms. The number of thiophene rings is 2. The highest BCUT2D eigenvalue weighted by Crippen LogP contribution is 2.45. The molecule has 0 amide bonds. The maximum absolute atomic E-state index is 6.16. The Morgan fingerprint density at radius 2 is 1.79 bits per heavy atom. The van der Waals surface area contributed by atoms with Gasteiger partial charge in [0.25, 0.3) is 0 Å². The Kier molecular flexibility index (Phi) is 2.44. The summed E-state index contributed by atoms with van der Waals surface area (Å²) in [6.45, 7) is 4.36.